The second-order valence-electron chi connectivity index (χ2n) is 3.42. The number of carbonyl (C=O) groups excluding carboxylic acids is 1. The Morgan fingerprint density at radius 1 is 1.31 bits per heavy atom. The first-order valence-electron chi connectivity index (χ1n) is 4.87. The summed E-state index contributed by atoms with van der Waals surface area (Å²) < 4.78 is 26.3. The van der Waals surface area contributed by atoms with Crippen molar-refractivity contribution in [3.05, 3.63) is 35.4 Å². The lowest BCUT2D eigenvalue weighted by atomic mass is 10.1. The topological polar surface area (TPSA) is 17.1 Å². The minimum atomic E-state index is -0.637. The van der Waals surface area contributed by atoms with E-state index in [1.807, 2.05) is 0 Å². The van der Waals surface area contributed by atoms with Crippen molar-refractivity contribution in [2.24, 2.45) is 0 Å². The minimum Gasteiger partial charge on any atom is -0.293 e. The van der Waals surface area contributed by atoms with Gasteiger partial charge < -0.3 is 0 Å². The number of ketones is 1. The highest BCUT2D eigenvalue weighted by Crippen LogP contribution is 2.27. The third kappa shape index (κ3) is 2.58. The van der Waals surface area contributed by atoms with E-state index < -0.39 is 11.6 Å². The van der Waals surface area contributed by atoms with Crippen molar-refractivity contribution in [2.75, 3.05) is 17.3 Å². The molecule has 2 rings (SSSR count). The molecule has 1 unspecified atom stereocenters. The summed E-state index contributed by atoms with van der Waals surface area (Å²) in [5, 5.41) is -0.241. The summed E-state index contributed by atoms with van der Waals surface area (Å²) in [7, 11) is 0. The summed E-state index contributed by atoms with van der Waals surface area (Å²) >= 11 is 3.20. The quantitative estimate of drug-likeness (QED) is 0.761. The SMILES string of the molecule is O=C(c1cc(F)ccc1F)C1CSCCS1. The Morgan fingerprint density at radius 2 is 2.12 bits per heavy atom. The van der Waals surface area contributed by atoms with Crippen LogP contribution in [0, 0.1) is 11.6 Å². The van der Waals surface area contributed by atoms with Crippen LogP contribution in [0.3, 0.4) is 0 Å². The van der Waals surface area contributed by atoms with Crippen LogP contribution in [0.15, 0.2) is 18.2 Å². The standard InChI is InChI=1S/C11H10F2OS2/c12-7-1-2-9(13)8(5-7)11(14)10-6-15-3-4-16-10/h1-2,5,10H,3-4,6H2. The van der Waals surface area contributed by atoms with Crippen molar-refractivity contribution in [2.45, 2.75) is 5.25 Å². The molecule has 1 fully saturated rings. The van der Waals surface area contributed by atoms with E-state index in [9.17, 15) is 13.6 Å². The normalized spacial score (nSPS) is 20.8. The maximum Gasteiger partial charge on any atom is 0.179 e. The summed E-state index contributed by atoms with van der Waals surface area (Å²) in [6.07, 6.45) is 0. The zero-order chi connectivity index (χ0) is 11.5. The van der Waals surface area contributed by atoms with E-state index in [0.29, 0.717) is 5.75 Å². The van der Waals surface area contributed by atoms with Crippen LogP contribution < -0.4 is 0 Å². The fourth-order valence-electron chi connectivity index (χ4n) is 1.50. The third-order valence-corrected chi connectivity index (χ3v) is 5.06. The highest BCUT2D eigenvalue weighted by molar-refractivity contribution is 8.07. The van der Waals surface area contributed by atoms with Gasteiger partial charge in [0.1, 0.15) is 11.6 Å². The summed E-state index contributed by atoms with van der Waals surface area (Å²) in [5.41, 5.74) is -0.125. The molecule has 1 heterocycles. The molecular weight excluding hydrogens is 250 g/mol. The summed E-state index contributed by atoms with van der Waals surface area (Å²) in [4.78, 5) is 11.9. The number of rotatable bonds is 2. The number of thioether (sulfide) groups is 2. The first-order valence-corrected chi connectivity index (χ1v) is 7.07. The second kappa shape index (κ2) is 5.19. The van der Waals surface area contributed by atoms with Gasteiger partial charge in [0.2, 0.25) is 0 Å². The van der Waals surface area contributed by atoms with Crippen molar-refractivity contribution in [1.29, 1.82) is 0 Å². The van der Waals surface area contributed by atoms with E-state index in [1.165, 1.54) is 11.8 Å². The Kier molecular flexibility index (Phi) is 3.86. The van der Waals surface area contributed by atoms with Crippen LogP contribution >= 0.6 is 23.5 Å². The van der Waals surface area contributed by atoms with E-state index >= 15 is 0 Å². The van der Waals surface area contributed by atoms with E-state index in [2.05, 4.69) is 0 Å². The van der Waals surface area contributed by atoms with Gasteiger partial charge >= 0.3 is 0 Å². The molecule has 0 aliphatic carbocycles. The largest absolute Gasteiger partial charge is 0.293 e. The molecule has 0 radical (unpaired) electrons. The Balaban J connectivity index is 2.22. The smallest absolute Gasteiger partial charge is 0.179 e. The van der Waals surface area contributed by atoms with Crippen molar-refractivity contribution in [3.8, 4) is 0 Å². The maximum absolute atomic E-state index is 13.4. The van der Waals surface area contributed by atoms with Crippen LogP contribution in [0.4, 0.5) is 8.78 Å². The van der Waals surface area contributed by atoms with Gasteiger partial charge in [0, 0.05) is 17.3 Å². The Labute approximate surface area is 101 Å². The molecule has 1 aliphatic heterocycles. The van der Waals surface area contributed by atoms with Gasteiger partial charge in [0.25, 0.3) is 0 Å². The molecule has 1 aromatic carbocycles. The average Bonchev–Trinajstić information content (AvgIpc) is 2.32. The van der Waals surface area contributed by atoms with Crippen molar-refractivity contribution < 1.29 is 13.6 Å². The van der Waals surface area contributed by atoms with E-state index in [-0.39, 0.29) is 16.6 Å². The van der Waals surface area contributed by atoms with Gasteiger partial charge in [-0.15, -0.1) is 11.8 Å². The van der Waals surface area contributed by atoms with E-state index in [4.69, 9.17) is 0 Å². The van der Waals surface area contributed by atoms with Crippen LogP contribution in [0.5, 0.6) is 0 Å². The zero-order valence-corrected chi connectivity index (χ0v) is 10.0. The minimum absolute atomic E-state index is 0.125. The molecule has 0 amide bonds. The molecule has 16 heavy (non-hydrogen) atoms. The van der Waals surface area contributed by atoms with Gasteiger partial charge in [0.05, 0.1) is 10.8 Å². The monoisotopic (exact) mass is 260 g/mol. The molecule has 0 bridgehead atoms. The van der Waals surface area contributed by atoms with Gasteiger partial charge in [-0.2, -0.15) is 11.8 Å². The molecule has 0 spiro atoms. The lowest BCUT2D eigenvalue weighted by Gasteiger charge is -2.19. The highest BCUT2D eigenvalue weighted by atomic mass is 32.2. The fourth-order valence-corrected chi connectivity index (χ4v) is 4.12. The third-order valence-electron chi connectivity index (χ3n) is 2.30. The number of benzene rings is 1. The molecule has 5 heteroatoms. The predicted molar refractivity (Wildman–Crippen MR) is 64.3 cm³/mol. The number of hydrogen-bond donors (Lipinski definition) is 0. The van der Waals surface area contributed by atoms with Crippen LogP contribution in [0.25, 0.3) is 0 Å². The molecule has 1 atom stereocenters. The van der Waals surface area contributed by atoms with Gasteiger partial charge in [-0.25, -0.2) is 8.78 Å². The highest BCUT2D eigenvalue weighted by Gasteiger charge is 2.25. The number of hydrogen-bond acceptors (Lipinski definition) is 3. The van der Waals surface area contributed by atoms with Crippen LogP contribution in [-0.2, 0) is 0 Å². The van der Waals surface area contributed by atoms with E-state index in [1.54, 1.807) is 11.8 Å². The molecule has 1 saturated heterocycles. The molecule has 0 saturated carbocycles. The van der Waals surface area contributed by atoms with Crippen molar-refractivity contribution in [1.82, 2.24) is 0 Å². The Hall–Kier alpha value is -0.550. The van der Waals surface area contributed by atoms with Gasteiger partial charge in [-0.05, 0) is 18.2 Å². The van der Waals surface area contributed by atoms with Crippen LogP contribution in [-0.4, -0.2) is 28.3 Å². The van der Waals surface area contributed by atoms with Crippen molar-refractivity contribution >= 4 is 29.3 Å². The molecule has 0 aromatic heterocycles. The second-order valence-corrected chi connectivity index (χ2v) is 5.88. The maximum atomic E-state index is 13.4. The molecule has 1 aliphatic rings. The van der Waals surface area contributed by atoms with Gasteiger partial charge in [0.15, 0.2) is 5.78 Å². The van der Waals surface area contributed by atoms with Crippen LogP contribution in [0.2, 0.25) is 0 Å². The Morgan fingerprint density at radius 3 is 2.81 bits per heavy atom. The molecular formula is C11H10F2OS2. The lowest BCUT2D eigenvalue weighted by Crippen LogP contribution is -2.25. The van der Waals surface area contributed by atoms with Crippen LogP contribution in [0.1, 0.15) is 10.4 Å². The first-order chi connectivity index (χ1) is 7.68. The van der Waals surface area contributed by atoms with Gasteiger partial charge in [-0.1, -0.05) is 0 Å². The fraction of sp³-hybridized carbons (Fsp3) is 0.364. The summed E-state index contributed by atoms with van der Waals surface area (Å²) in [6.45, 7) is 0. The predicted octanol–water partition coefficient (Wildman–Crippen LogP) is 3.00. The summed E-state index contributed by atoms with van der Waals surface area (Å²) in [5.74, 6) is 1.08. The average molecular weight is 260 g/mol. The molecule has 0 N–H and O–H groups in total. The number of Topliss-reactive ketones (excluding diaryl/α,β-unsaturated/α-hetero) is 1. The number of halogens is 2. The molecule has 1 nitrogen and oxygen atoms in total. The first kappa shape index (κ1) is 11.9. The lowest BCUT2D eigenvalue weighted by molar-refractivity contribution is 0.0990. The molecule has 86 valence electrons. The zero-order valence-electron chi connectivity index (χ0n) is 8.41. The van der Waals surface area contributed by atoms with E-state index in [0.717, 1.165) is 29.7 Å². The summed E-state index contributed by atoms with van der Waals surface area (Å²) in [6, 6.07) is 3.01. The Bertz CT molecular complexity index is 403. The molecule has 1 aromatic rings. The van der Waals surface area contributed by atoms with Crippen molar-refractivity contribution in [3.63, 3.8) is 0 Å². The number of carbonyl (C=O) groups is 1. The van der Waals surface area contributed by atoms with Gasteiger partial charge in [-0.3, -0.25) is 4.79 Å².